The summed E-state index contributed by atoms with van der Waals surface area (Å²) in [6.45, 7) is -0.481. The minimum Gasteiger partial charge on any atom is -0.329 e. The van der Waals surface area contributed by atoms with Crippen LogP contribution in [-0.2, 0) is 21.9 Å². The molecule has 11 heteroatoms. The Balaban J connectivity index is 1.74. The maximum absolute atomic E-state index is 13.8. The third kappa shape index (κ3) is 5.29. The standard InChI is InChI=1S/C20H18FN5O3S2/c1-25-10-9-23-20(25)30-18-8-5-15(21)11-17(18)24-19(27)13-26(2)31(28,29)16-6-3-14(12-22)4-7-16/h3-11H,13H2,1-2H3,(H,24,27). The van der Waals surface area contributed by atoms with Crippen molar-refractivity contribution in [3.63, 3.8) is 0 Å². The monoisotopic (exact) mass is 459 g/mol. The van der Waals surface area contributed by atoms with Crippen molar-refractivity contribution < 1.29 is 17.6 Å². The predicted octanol–water partition coefficient (Wildman–Crippen LogP) is 2.84. The first-order valence-corrected chi connectivity index (χ1v) is 11.2. The molecule has 3 rings (SSSR count). The van der Waals surface area contributed by atoms with Gasteiger partial charge in [-0.15, -0.1) is 0 Å². The van der Waals surface area contributed by atoms with E-state index in [2.05, 4.69) is 10.3 Å². The van der Waals surface area contributed by atoms with E-state index in [4.69, 9.17) is 5.26 Å². The molecule has 31 heavy (non-hydrogen) atoms. The Bertz CT molecular complexity index is 1250. The van der Waals surface area contributed by atoms with E-state index in [0.717, 1.165) is 10.4 Å². The van der Waals surface area contributed by atoms with Gasteiger partial charge in [0.1, 0.15) is 5.82 Å². The average Bonchev–Trinajstić information content (AvgIpc) is 3.14. The number of hydrogen-bond acceptors (Lipinski definition) is 6. The number of nitrogens with zero attached hydrogens (tertiary/aromatic N) is 4. The van der Waals surface area contributed by atoms with E-state index in [1.54, 1.807) is 24.0 Å². The van der Waals surface area contributed by atoms with Gasteiger partial charge in [0.25, 0.3) is 0 Å². The van der Waals surface area contributed by atoms with Crippen LogP contribution >= 0.6 is 11.8 Å². The molecule has 0 aliphatic carbocycles. The van der Waals surface area contributed by atoms with E-state index in [9.17, 15) is 17.6 Å². The predicted molar refractivity (Wildman–Crippen MR) is 113 cm³/mol. The molecule has 1 aromatic heterocycles. The fourth-order valence-corrected chi connectivity index (χ4v) is 4.59. The van der Waals surface area contributed by atoms with Crippen LogP contribution in [0.3, 0.4) is 0 Å². The number of rotatable bonds is 7. The van der Waals surface area contributed by atoms with Crippen molar-refractivity contribution >= 4 is 33.4 Å². The van der Waals surface area contributed by atoms with Crippen LogP contribution in [0, 0.1) is 17.1 Å². The number of carbonyl (C=O) groups excluding carboxylic acids is 1. The van der Waals surface area contributed by atoms with Gasteiger partial charge in [0, 0.05) is 31.4 Å². The highest BCUT2D eigenvalue weighted by molar-refractivity contribution is 7.99. The maximum atomic E-state index is 13.8. The number of nitrogens with one attached hydrogen (secondary N) is 1. The molecule has 0 aliphatic heterocycles. The van der Waals surface area contributed by atoms with Gasteiger partial charge in [-0.3, -0.25) is 4.79 Å². The first-order chi connectivity index (χ1) is 14.7. The number of halogens is 1. The molecule has 0 saturated heterocycles. The van der Waals surface area contributed by atoms with Crippen molar-refractivity contribution in [2.75, 3.05) is 18.9 Å². The zero-order valence-corrected chi connectivity index (χ0v) is 18.2. The molecule has 1 N–H and O–H groups in total. The lowest BCUT2D eigenvalue weighted by molar-refractivity contribution is -0.116. The van der Waals surface area contributed by atoms with Crippen molar-refractivity contribution in [1.82, 2.24) is 13.9 Å². The van der Waals surface area contributed by atoms with Crippen molar-refractivity contribution in [2.45, 2.75) is 14.9 Å². The van der Waals surface area contributed by atoms with Gasteiger partial charge in [-0.05, 0) is 54.2 Å². The third-order valence-electron chi connectivity index (χ3n) is 4.25. The van der Waals surface area contributed by atoms with Crippen molar-refractivity contribution in [3.8, 4) is 6.07 Å². The van der Waals surface area contributed by atoms with Crippen molar-refractivity contribution in [3.05, 3.63) is 66.2 Å². The minimum atomic E-state index is -3.95. The first-order valence-electron chi connectivity index (χ1n) is 8.92. The summed E-state index contributed by atoms with van der Waals surface area (Å²) in [7, 11) is -0.874. The van der Waals surface area contributed by atoms with Crippen molar-refractivity contribution in [2.24, 2.45) is 7.05 Å². The summed E-state index contributed by atoms with van der Waals surface area (Å²) in [6, 6.07) is 11.2. The number of likely N-dealkylation sites (N-methyl/N-ethyl adjacent to an activating group) is 1. The van der Waals surface area contributed by atoms with Gasteiger partial charge in [0.2, 0.25) is 15.9 Å². The summed E-state index contributed by atoms with van der Waals surface area (Å²) in [5.41, 5.74) is 0.533. The number of nitriles is 1. The first kappa shape index (κ1) is 22.5. The van der Waals surface area contributed by atoms with Gasteiger partial charge in [0.15, 0.2) is 5.16 Å². The smallest absolute Gasteiger partial charge is 0.243 e. The van der Waals surface area contributed by atoms with Crippen LogP contribution in [0.2, 0.25) is 0 Å². The lowest BCUT2D eigenvalue weighted by Crippen LogP contribution is -2.35. The quantitative estimate of drug-likeness (QED) is 0.582. The number of carbonyl (C=O) groups is 1. The van der Waals surface area contributed by atoms with Gasteiger partial charge in [-0.25, -0.2) is 17.8 Å². The summed E-state index contributed by atoms with van der Waals surface area (Å²) in [4.78, 5) is 17.2. The van der Waals surface area contributed by atoms with Crippen LogP contribution in [0.25, 0.3) is 0 Å². The van der Waals surface area contributed by atoms with E-state index >= 15 is 0 Å². The second-order valence-corrected chi connectivity index (χ2v) is 9.56. The molecule has 0 spiro atoms. The number of hydrogen-bond donors (Lipinski definition) is 1. The van der Waals surface area contributed by atoms with E-state index < -0.39 is 28.3 Å². The van der Waals surface area contributed by atoms with Gasteiger partial charge in [-0.1, -0.05) is 0 Å². The number of anilines is 1. The maximum Gasteiger partial charge on any atom is 0.243 e. The van der Waals surface area contributed by atoms with E-state index in [1.807, 2.05) is 6.07 Å². The van der Waals surface area contributed by atoms with Gasteiger partial charge < -0.3 is 9.88 Å². The molecule has 1 amide bonds. The Morgan fingerprint density at radius 2 is 2.00 bits per heavy atom. The van der Waals surface area contributed by atoms with E-state index in [-0.39, 0.29) is 10.6 Å². The molecular weight excluding hydrogens is 441 g/mol. The second kappa shape index (κ2) is 9.30. The van der Waals surface area contributed by atoms with Gasteiger partial charge in [-0.2, -0.15) is 9.57 Å². The van der Waals surface area contributed by atoms with Crippen LogP contribution in [0.4, 0.5) is 10.1 Å². The van der Waals surface area contributed by atoms with Crippen LogP contribution in [0.15, 0.2) is 69.8 Å². The van der Waals surface area contributed by atoms with Crippen LogP contribution < -0.4 is 5.32 Å². The van der Waals surface area contributed by atoms with Crippen LogP contribution in [0.1, 0.15) is 5.56 Å². The summed E-state index contributed by atoms with van der Waals surface area (Å²) >= 11 is 1.24. The summed E-state index contributed by atoms with van der Waals surface area (Å²) in [5.74, 6) is -1.18. The highest BCUT2D eigenvalue weighted by Gasteiger charge is 2.23. The highest BCUT2D eigenvalue weighted by Crippen LogP contribution is 2.33. The molecule has 0 aliphatic rings. The number of sulfonamides is 1. The summed E-state index contributed by atoms with van der Waals surface area (Å²) in [6.07, 6.45) is 3.38. The molecule has 0 saturated carbocycles. The second-order valence-electron chi connectivity index (χ2n) is 6.51. The Hall–Kier alpha value is -3.20. The number of aromatic nitrogens is 2. The van der Waals surface area contributed by atoms with E-state index in [0.29, 0.717) is 15.6 Å². The van der Waals surface area contributed by atoms with Crippen LogP contribution in [-0.4, -0.2) is 41.8 Å². The zero-order chi connectivity index (χ0) is 22.6. The topological polar surface area (TPSA) is 108 Å². The molecule has 0 unspecified atom stereocenters. The fourth-order valence-electron chi connectivity index (χ4n) is 2.60. The Labute approximate surface area is 183 Å². The number of amides is 1. The van der Waals surface area contributed by atoms with Crippen molar-refractivity contribution in [1.29, 1.82) is 5.26 Å². The summed E-state index contributed by atoms with van der Waals surface area (Å²) in [5, 5.41) is 12.1. The molecule has 0 atom stereocenters. The number of imidazole rings is 1. The zero-order valence-electron chi connectivity index (χ0n) is 16.6. The van der Waals surface area contributed by atoms with Gasteiger partial charge in [0.05, 0.1) is 28.8 Å². The largest absolute Gasteiger partial charge is 0.329 e. The molecule has 2 aromatic carbocycles. The normalized spacial score (nSPS) is 11.3. The molecule has 1 heterocycles. The highest BCUT2D eigenvalue weighted by atomic mass is 32.2. The summed E-state index contributed by atoms with van der Waals surface area (Å²) < 4.78 is 41.8. The molecule has 0 bridgehead atoms. The SMILES string of the molecule is CN(CC(=O)Nc1cc(F)ccc1Sc1nccn1C)S(=O)(=O)c1ccc(C#N)cc1. The van der Waals surface area contributed by atoms with Crippen LogP contribution in [0.5, 0.6) is 0 Å². The molecule has 8 nitrogen and oxygen atoms in total. The number of aryl methyl sites for hydroxylation is 1. The molecule has 0 radical (unpaired) electrons. The average molecular weight is 460 g/mol. The molecule has 0 fully saturated rings. The minimum absolute atomic E-state index is 0.0430. The number of benzene rings is 2. The Kier molecular flexibility index (Phi) is 6.74. The fraction of sp³-hybridized carbons (Fsp3) is 0.150. The lowest BCUT2D eigenvalue weighted by atomic mass is 10.2. The Morgan fingerprint density at radius 1 is 1.29 bits per heavy atom. The molecule has 3 aromatic rings. The lowest BCUT2D eigenvalue weighted by Gasteiger charge is -2.18. The van der Waals surface area contributed by atoms with E-state index in [1.165, 1.54) is 55.2 Å². The third-order valence-corrected chi connectivity index (χ3v) is 7.22. The molecular formula is C20H18FN5O3S2. The molecule has 160 valence electrons. The van der Waals surface area contributed by atoms with Gasteiger partial charge >= 0.3 is 0 Å². The Morgan fingerprint density at radius 3 is 2.61 bits per heavy atom.